The van der Waals surface area contributed by atoms with Crippen LogP contribution in [0, 0.1) is 5.92 Å². The number of carbonyl (C=O) groups excluding carboxylic acids is 2. The number of rotatable bonds is 7. The fourth-order valence-electron chi connectivity index (χ4n) is 1.78. The molecule has 0 radical (unpaired) electrons. The highest BCUT2D eigenvalue weighted by atomic mass is 16.5. The highest BCUT2D eigenvalue weighted by molar-refractivity contribution is 5.78. The minimum Gasteiger partial charge on any atom is -0.379 e. The first-order chi connectivity index (χ1) is 9.59. The van der Waals surface area contributed by atoms with Crippen molar-refractivity contribution >= 4 is 11.9 Å². The Morgan fingerprint density at radius 3 is 2.30 bits per heavy atom. The van der Waals surface area contributed by atoms with E-state index in [1.54, 1.807) is 0 Å². The molecule has 0 atom stereocenters. The maximum Gasteiger partial charge on any atom is 0.314 e. The Morgan fingerprint density at radius 2 is 1.65 bits per heavy atom. The van der Waals surface area contributed by atoms with Gasteiger partial charge < -0.3 is 20.7 Å². The molecule has 7 nitrogen and oxygen atoms in total. The second kappa shape index (κ2) is 9.55. The molecule has 1 aliphatic rings. The van der Waals surface area contributed by atoms with Crippen LogP contribution in [0.25, 0.3) is 0 Å². The van der Waals surface area contributed by atoms with E-state index in [2.05, 4.69) is 20.9 Å². The zero-order chi connectivity index (χ0) is 14.8. The van der Waals surface area contributed by atoms with Crippen LogP contribution in [-0.2, 0) is 9.53 Å². The van der Waals surface area contributed by atoms with E-state index in [9.17, 15) is 9.59 Å². The quantitative estimate of drug-likeness (QED) is 0.545. The third-order valence-corrected chi connectivity index (χ3v) is 3.05. The van der Waals surface area contributed by atoms with E-state index < -0.39 is 0 Å². The smallest absolute Gasteiger partial charge is 0.314 e. The summed E-state index contributed by atoms with van der Waals surface area (Å²) >= 11 is 0. The molecule has 0 aromatic carbocycles. The molecule has 0 spiro atoms. The van der Waals surface area contributed by atoms with Crippen molar-refractivity contribution in [1.29, 1.82) is 0 Å². The molecule has 0 saturated carbocycles. The van der Waals surface area contributed by atoms with E-state index in [0.717, 1.165) is 32.8 Å². The topological polar surface area (TPSA) is 82.7 Å². The average Bonchev–Trinajstić information content (AvgIpc) is 2.44. The largest absolute Gasteiger partial charge is 0.379 e. The number of morpholine rings is 1. The van der Waals surface area contributed by atoms with Gasteiger partial charge >= 0.3 is 6.03 Å². The fourth-order valence-corrected chi connectivity index (χ4v) is 1.78. The molecule has 0 aromatic rings. The van der Waals surface area contributed by atoms with E-state index in [-0.39, 0.29) is 17.9 Å². The van der Waals surface area contributed by atoms with Crippen LogP contribution in [0.3, 0.4) is 0 Å². The summed E-state index contributed by atoms with van der Waals surface area (Å²) in [5.74, 6) is -0.0307. The summed E-state index contributed by atoms with van der Waals surface area (Å²) in [5, 5.41) is 8.24. The van der Waals surface area contributed by atoms with Gasteiger partial charge in [-0.05, 0) is 0 Å². The SMILES string of the molecule is CC(C)C(=O)NCCNC(=O)NCCN1CCOCC1. The molecule has 116 valence electrons. The van der Waals surface area contributed by atoms with Gasteiger partial charge in [0.25, 0.3) is 0 Å². The number of urea groups is 1. The summed E-state index contributed by atoms with van der Waals surface area (Å²) in [6.45, 7) is 9.38. The number of hydrogen-bond acceptors (Lipinski definition) is 4. The van der Waals surface area contributed by atoms with Crippen LogP contribution >= 0.6 is 0 Å². The summed E-state index contributed by atoms with van der Waals surface area (Å²) in [7, 11) is 0. The lowest BCUT2D eigenvalue weighted by atomic mass is 10.2. The van der Waals surface area contributed by atoms with E-state index in [1.165, 1.54) is 0 Å². The molecule has 0 aliphatic carbocycles. The second-order valence-electron chi connectivity index (χ2n) is 5.08. The van der Waals surface area contributed by atoms with Crippen molar-refractivity contribution in [3.05, 3.63) is 0 Å². The van der Waals surface area contributed by atoms with Gasteiger partial charge in [-0.2, -0.15) is 0 Å². The highest BCUT2D eigenvalue weighted by Crippen LogP contribution is 1.94. The summed E-state index contributed by atoms with van der Waals surface area (Å²) in [4.78, 5) is 25.0. The zero-order valence-corrected chi connectivity index (χ0v) is 12.4. The van der Waals surface area contributed by atoms with Crippen molar-refractivity contribution in [3.63, 3.8) is 0 Å². The fraction of sp³-hybridized carbons (Fsp3) is 0.846. The van der Waals surface area contributed by atoms with Gasteiger partial charge in [-0.1, -0.05) is 13.8 Å². The van der Waals surface area contributed by atoms with Crippen LogP contribution in [0.2, 0.25) is 0 Å². The number of carbonyl (C=O) groups is 2. The van der Waals surface area contributed by atoms with Gasteiger partial charge in [0.1, 0.15) is 0 Å². The number of amides is 3. The summed E-state index contributed by atoms with van der Waals surface area (Å²) < 4.78 is 5.25. The lowest BCUT2D eigenvalue weighted by Gasteiger charge is -2.26. The molecule has 1 saturated heterocycles. The van der Waals surface area contributed by atoms with Crippen molar-refractivity contribution in [3.8, 4) is 0 Å². The Balaban J connectivity index is 1.96. The molecule has 7 heteroatoms. The van der Waals surface area contributed by atoms with Gasteiger partial charge in [-0.3, -0.25) is 9.69 Å². The Labute approximate surface area is 120 Å². The summed E-state index contributed by atoms with van der Waals surface area (Å²) in [5.41, 5.74) is 0. The van der Waals surface area contributed by atoms with E-state index in [0.29, 0.717) is 19.6 Å². The minimum atomic E-state index is -0.197. The van der Waals surface area contributed by atoms with Gasteiger partial charge in [-0.15, -0.1) is 0 Å². The van der Waals surface area contributed by atoms with Gasteiger partial charge in [-0.25, -0.2) is 4.79 Å². The van der Waals surface area contributed by atoms with Gasteiger partial charge in [0.05, 0.1) is 13.2 Å². The van der Waals surface area contributed by atoms with Gasteiger partial charge in [0.15, 0.2) is 0 Å². The minimum absolute atomic E-state index is 0.000439. The van der Waals surface area contributed by atoms with Crippen molar-refractivity contribution in [2.45, 2.75) is 13.8 Å². The normalized spacial score (nSPS) is 15.9. The Hall–Kier alpha value is -1.34. The first-order valence-corrected chi connectivity index (χ1v) is 7.19. The molecule has 1 heterocycles. The predicted molar refractivity (Wildman–Crippen MR) is 76.5 cm³/mol. The second-order valence-corrected chi connectivity index (χ2v) is 5.08. The molecule has 1 fully saturated rings. The van der Waals surface area contributed by atoms with Crippen LogP contribution in [-0.4, -0.2) is 69.3 Å². The number of ether oxygens (including phenoxy) is 1. The van der Waals surface area contributed by atoms with Gasteiger partial charge in [0.2, 0.25) is 5.91 Å². The van der Waals surface area contributed by atoms with Crippen LogP contribution < -0.4 is 16.0 Å². The number of nitrogens with zero attached hydrogens (tertiary/aromatic N) is 1. The molecule has 3 amide bonds. The van der Waals surface area contributed by atoms with E-state index in [1.807, 2.05) is 13.8 Å². The number of hydrogen-bond donors (Lipinski definition) is 3. The molecule has 0 bridgehead atoms. The Kier molecular flexibility index (Phi) is 7.98. The third-order valence-electron chi connectivity index (χ3n) is 3.05. The van der Waals surface area contributed by atoms with Gasteiger partial charge in [0, 0.05) is 45.2 Å². The molecule has 20 heavy (non-hydrogen) atoms. The first-order valence-electron chi connectivity index (χ1n) is 7.19. The van der Waals surface area contributed by atoms with E-state index >= 15 is 0 Å². The average molecular weight is 286 g/mol. The van der Waals surface area contributed by atoms with Crippen molar-refractivity contribution in [2.75, 3.05) is 52.5 Å². The predicted octanol–water partition coefficient (Wildman–Crippen LogP) is -0.610. The van der Waals surface area contributed by atoms with E-state index in [4.69, 9.17) is 4.74 Å². The first kappa shape index (κ1) is 16.7. The molecular formula is C13H26N4O3. The molecular weight excluding hydrogens is 260 g/mol. The Morgan fingerprint density at radius 1 is 1.05 bits per heavy atom. The van der Waals surface area contributed by atoms with Crippen LogP contribution in [0.4, 0.5) is 4.79 Å². The van der Waals surface area contributed by atoms with Crippen molar-refractivity contribution < 1.29 is 14.3 Å². The standard InChI is InChI=1S/C13H26N4O3/c1-11(2)12(18)14-3-4-15-13(19)16-5-6-17-7-9-20-10-8-17/h11H,3-10H2,1-2H3,(H,14,18)(H2,15,16,19). The summed E-state index contributed by atoms with van der Waals surface area (Å²) in [6.07, 6.45) is 0. The molecule has 1 rings (SSSR count). The third kappa shape index (κ3) is 7.30. The van der Waals surface area contributed by atoms with Crippen LogP contribution in [0.15, 0.2) is 0 Å². The van der Waals surface area contributed by atoms with Crippen molar-refractivity contribution in [1.82, 2.24) is 20.9 Å². The molecule has 3 N–H and O–H groups in total. The Bertz CT molecular complexity index is 304. The van der Waals surface area contributed by atoms with Crippen LogP contribution in [0.5, 0.6) is 0 Å². The highest BCUT2D eigenvalue weighted by Gasteiger charge is 2.10. The maximum absolute atomic E-state index is 11.5. The maximum atomic E-state index is 11.5. The monoisotopic (exact) mass is 286 g/mol. The van der Waals surface area contributed by atoms with Crippen LogP contribution in [0.1, 0.15) is 13.8 Å². The lowest BCUT2D eigenvalue weighted by Crippen LogP contribution is -2.45. The molecule has 0 unspecified atom stereocenters. The summed E-state index contributed by atoms with van der Waals surface area (Å²) in [6, 6.07) is -0.197. The molecule has 1 aliphatic heterocycles. The number of nitrogens with one attached hydrogen (secondary N) is 3. The molecule has 0 aromatic heterocycles. The van der Waals surface area contributed by atoms with Crippen molar-refractivity contribution in [2.24, 2.45) is 5.92 Å². The zero-order valence-electron chi connectivity index (χ0n) is 12.4. The lowest BCUT2D eigenvalue weighted by molar-refractivity contribution is -0.123.